The summed E-state index contributed by atoms with van der Waals surface area (Å²) < 4.78 is 33.7. The second-order valence-electron chi connectivity index (χ2n) is 9.51. The van der Waals surface area contributed by atoms with E-state index in [0.717, 1.165) is 4.31 Å². The molecule has 3 aromatic carbocycles. The number of carboxylic acid groups (broad SMARTS) is 1. The molecule has 0 aliphatic carbocycles. The van der Waals surface area contributed by atoms with Gasteiger partial charge in [-0.3, -0.25) is 4.79 Å². The topological polar surface area (TPSA) is 137 Å². The highest BCUT2D eigenvalue weighted by atomic mass is 35.5. The lowest BCUT2D eigenvalue weighted by atomic mass is 9.97. The first kappa shape index (κ1) is 29.4. The molecule has 9 nitrogen and oxygen atoms in total. The molecule has 0 aromatic heterocycles. The summed E-state index contributed by atoms with van der Waals surface area (Å²) in [4.78, 5) is 25.3. The molecule has 1 fully saturated rings. The molecule has 0 bridgehead atoms. The summed E-state index contributed by atoms with van der Waals surface area (Å²) in [5.74, 6) is -0.935. The summed E-state index contributed by atoms with van der Waals surface area (Å²) in [7, 11) is -4.16. The van der Waals surface area contributed by atoms with Gasteiger partial charge in [-0.05, 0) is 79.9 Å². The predicted octanol–water partition coefficient (Wildman–Crippen LogP) is 5.01. The van der Waals surface area contributed by atoms with E-state index in [1.54, 1.807) is 48.5 Å². The molecule has 2 atom stereocenters. The average Bonchev–Trinajstić information content (AvgIpc) is 3.33. The first-order valence-electron chi connectivity index (χ1n) is 12.2. The van der Waals surface area contributed by atoms with Crippen molar-refractivity contribution in [3.8, 4) is 17.6 Å². The minimum Gasteiger partial charge on any atom is -0.480 e. The molecular weight excluding hydrogens is 577 g/mol. The fraction of sp³-hybridized carbons (Fsp3) is 0.250. The third kappa shape index (κ3) is 6.40. The lowest BCUT2D eigenvalue weighted by Crippen LogP contribution is -2.58. The summed E-state index contributed by atoms with van der Waals surface area (Å²) in [5.41, 5.74) is -0.389. The van der Waals surface area contributed by atoms with Crippen LogP contribution in [0.25, 0.3) is 0 Å². The van der Waals surface area contributed by atoms with Crippen molar-refractivity contribution in [2.24, 2.45) is 0 Å². The number of nitriles is 1. The molecule has 0 radical (unpaired) electrons. The molecule has 0 spiro atoms. The van der Waals surface area contributed by atoms with E-state index in [-0.39, 0.29) is 34.3 Å². The first-order valence-corrected chi connectivity index (χ1v) is 14.4. The number of sulfonamides is 1. The van der Waals surface area contributed by atoms with Crippen LogP contribution in [0.1, 0.15) is 30.9 Å². The number of hydrogen-bond acceptors (Lipinski definition) is 6. The molecule has 1 aliphatic heterocycles. The van der Waals surface area contributed by atoms with Crippen molar-refractivity contribution in [1.82, 2.24) is 9.62 Å². The van der Waals surface area contributed by atoms with Crippen molar-refractivity contribution in [2.75, 3.05) is 6.54 Å². The van der Waals surface area contributed by atoms with Crippen LogP contribution in [0.15, 0.2) is 71.6 Å². The highest BCUT2D eigenvalue weighted by Crippen LogP contribution is 2.36. The van der Waals surface area contributed by atoms with Gasteiger partial charge in [-0.25, -0.2) is 13.2 Å². The van der Waals surface area contributed by atoms with E-state index in [9.17, 15) is 23.1 Å². The van der Waals surface area contributed by atoms with Gasteiger partial charge in [-0.2, -0.15) is 9.57 Å². The number of aliphatic carboxylic acids is 1. The maximum absolute atomic E-state index is 13.5. The van der Waals surface area contributed by atoms with E-state index in [1.165, 1.54) is 25.1 Å². The van der Waals surface area contributed by atoms with Crippen LogP contribution in [0, 0.1) is 11.3 Å². The number of ether oxygens (including phenoxy) is 1. The summed E-state index contributed by atoms with van der Waals surface area (Å²) in [6.07, 6.45) is 0.584. The van der Waals surface area contributed by atoms with Gasteiger partial charge < -0.3 is 15.2 Å². The zero-order valence-electron chi connectivity index (χ0n) is 21.3. The van der Waals surface area contributed by atoms with Gasteiger partial charge in [0.1, 0.15) is 23.1 Å². The maximum Gasteiger partial charge on any atom is 0.326 e. The van der Waals surface area contributed by atoms with Crippen LogP contribution >= 0.6 is 23.2 Å². The number of carbonyl (C=O) groups is 2. The van der Waals surface area contributed by atoms with Crippen LogP contribution in [0.4, 0.5) is 0 Å². The quantitative estimate of drug-likeness (QED) is 0.351. The molecule has 0 saturated carbocycles. The van der Waals surface area contributed by atoms with Crippen molar-refractivity contribution < 1.29 is 27.9 Å². The Morgan fingerprint density at radius 3 is 2.20 bits per heavy atom. The van der Waals surface area contributed by atoms with E-state index in [2.05, 4.69) is 5.32 Å². The first-order chi connectivity index (χ1) is 18.9. The molecule has 1 aliphatic rings. The van der Waals surface area contributed by atoms with Crippen molar-refractivity contribution in [1.29, 1.82) is 5.26 Å². The minimum atomic E-state index is -4.16. The second-order valence-corrected chi connectivity index (χ2v) is 12.2. The zero-order valence-corrected chi connectivity index (χ0v) is 23.6. The Morgan fingerprint density at radius 2 is 1.65 bits per heavy atom. The highest BCUT2D eigenvalue weighted by Gasteiger charge is 2.50. The summed E-state index contributed by atoms with van der Waals surface area (Å²) >= 11 is 12.0. The number of nitrogens with zero attached hydrogens (tertiary/aromatic N) is 2. The number of benzene rings is 3. The molecule has 0 unspecified atom stereocenters. The smallest absolute Gasteiger partial charge is 0.326 e. The van der Waals surface area contributed by atoms with Gasteiger partial charge in [-0.15, -0.1) is 0 Å². The summed E-state index contributed by atoms with van der Waals surface area (Å²) in [5, 5.41) is 21.6. The van der Waals surface area contributed by atoms with Crippen molar-refractivity contribution in [3.63, 3.8) is 0 Å². The van der Waals surface area contributed by atoms with Gasteiger partial charge in [0.25, 0.3) is 0 Å². The van der Waals surface area contributed by atoms with Crippen LogP contribution in [-0.2, 0) is 26.0 Å². The molecule has 4 rings (SSSR count). The standard InChI is InChI=1S/C28H25Cl2N3O6S/c1-28(11-2-12-33(28)40(37,38)24-15-20(29)14-21(30)16-24)27(36)32-25(26(34)35)13-18-3-7-22(8-4-18)39-23-9-5-19(17-31)6-10-23/h3-10,14-16,25H,2,11-13H2,1H3,(H,32,36)(H,34,35)/t25-,28-/m0/s1. The van der Waals surface area contributed by atoms with E-state index in [4.69, 9.17) is 33.2 Å². The Morgan fingerprint density at radius 1 is 1.07 bits per heavy atom. The Hall–Kier alpha value is -3.62. The van der Waals surface area contributed by atoms with Gasteiger partial charge in [0.2, 0.25) is 15.9 Å². The third-order valence-corrected chi connectivity index (χ3v) is 9.11. The van der Waals surface area contributed by atoms with Crippen LogP contribution < -0.4 is 10.1 Å². The minimum absolute atomic E-state index is 0.0368. The maximum atomic E-state index is 13.5. The Kier molecular flexibility index (Phi) is 8.71. The summed E-state index contributed by atoms with van der Waals surface area (Å²) in [6.45, 7) is 1.56. The van der Waals surface area contributed by atoms with E-state index in [1.807, 2.05) is 6.07 Å². The molecule has 1 amide bonds. The molecule has 208 valence electrons. The lowest BCUT2D eigenvalue weighted by molar-refractivity contribution is -0.143. The van der Waals surface area contributed by atoms with Gasteiger partial charge in [0, 0.05) is 23.0 Å². The van der Waals surface area contributed by atoms with E-state index in [0.29, 0.717) is 29.0 Å². The number of carbonyl (C=O) groups excluding carboxylic acids is 1. The predicted molar refractivity (Wildman–Crippen MR) is 149 cm³/mol. The molecular formula is C28H25Cl2N3O6S. The molecule has 2 N–H and O–H groups in total. The normalized spacial score (nSPS) is 18.1. The number of rotatable bonds is 9. The van der Waals surface area contributed by atoms with Gasteiger partial charge in [0.05, 0.1) is 16.5 Å². The average molecular weight is 602 g/mol. The number of amides is 1. The molecule has 3 aromatic rings. The third-order valence-electron chi connectivity index (χ3n) is 6.67. The number of carboxylic acids is 1. The number of halogens is 2. The molecule has 1 saturated heterocycles. The number of hydrogen-bond donors (Lipinski definition) is 2. The highest BCUT2D eigenvalue weighted by molar-refractivity contribution is 7.89. The van der Waals surface area contributed by atoms with Crippen LogP contribution in [-0.4, -0.2) is 47.8 Å². The van der Waals surface area contributed by atoms with Gasteiger partial charge in [0.15, 0.2) is 0 Å². The Labute approximate surface area is 241 Å². The zero-order chi connectivity index (χ0) is 29.1. The molecule has 1 heterocycles. The van der Waals surface area contributed by atoms with Crippen molar-refractivity contribution in [2.45, 2.75) is 42.7 Å². The van der Waals surface area contributed by atoms with Crippen molar-refractivity contribution >= 4 is 45.1 Å². The Balaban J connectivity index is 1.47. The van der Waals surface area contributed by atoms with Gasteiger partial charge in [-0.1, -0.05) is 35.3 Å². The van der Waals surface area contributed by atoms with Crippen LogP contribution in [0.5, 0.6) is 11.5 Å². The fourth-order valence-corrected chi connectivity index (χ4v) is 7.07. The lowest BCUT2D eigenvalue weighted by Gasteiger charge is -2.34. The van der Waals surface area contributed by atoms with Crippen molar-refractivity contribution in [3.05, 3.63) is 87.9 Å². The SMILES string of the molecule is C[C@@]1(C(=O)N[C@@H](Cc2ccc(Oc3ccc(C#N)cc3)cc2)C(=O)O)CCCN1S(=O)(=O)c1cc(Cl)cc(Cl)c1. The van der Waals surface area contributed by atoms with Gasteiger partial charge >= 0.3 is 5.97 Å². The number of nitrogens with one attached hydrogen (secondary N) is 1. The van der Waals surface area contributed by atoms with Crippen LogP contribution in [0.3, 0.4) is 0 Å². The monoisotopic (exact) mass is 601 g/mol. The molecule has 12 heteroatoms. The van der Waals surface area contributed by atoms with E-state index < -0.39 is 33.5 Å². The Bertz CT molecular complexity index is 1550. The summed E-state index contributed by atoms with van der Waals surface area (Å²) in [6, 6.07) is 17.9. The van der Waals surface area contributed by atoms with E-state index >= 15 is 0 Å². The molecule has 40 heavy (non-hydrogen) atoms. The fourth-order valence-electron chi connectivity index (χ4n) is 4.53. The second kappa shape index (κ2) is 11.9. The largest absolute Gasteiger partial charge is 0.480 e. The van der Waals surface area contributed by atoms with Crippen LogP contribution in [0.2, 0.25) is 10.0 Å².